The zero-order chi connectivity index (χ0) is 20.4. The first kappa shape index (κ1) is 19.0. The Morgan fingerprint density at radius 2 is 2.00 bits per heavy atom. The van der Waals surface area contributed by atoms with Crippen molar-refractivity contribution >= 4 is 22.5 Å². The van der Waals surface area contributed by atoms with Crippen LogP contribution in [0.25, 0.3) is 10.9 Å². The molecule has 1 saturated heterocycles. The number of rotatable bonds is 5. The van der Waals surface area contributed by atoms with Gasteiger partial charge in [-0.15, -0.1) is 0 Å². The van der Waals surface area contributed by atoms with Gasteiger partial charge in [0.1, 0.15) is 0 Å². The minimum absolute atomic E-state index is 0.173. The van der Waals surface area contributed by atoms with E-state index in [9.17, 15) is 14.9 Å². The van der Waals surface area contributed by atoms with E-state index >= 15 is 0 Å². The Labute approximate surface area is 168 Å². The van der Waals surface area contributed by atoms with Crippen molar-refractivity contribution in [2.24, 2.45) is 0 Å². The number of carbonyl (C=O) groups excluding carboxylic acids is 1. The van der Waals surface area contributed by atoms with Crippen LogP contribution < -0.4 is 4.74 Å². The second-order valence-electron chi connectivity index (χ2n) is 7.23. The SMILES string of the molecule is CCOc1ccc(C(=O)N2CCC(c3c[nH]c4ccccc34)CC2)cc1[N+](=O)[O-]. The van der Waals surface area contributed by atoms with Gasteiger partial charge in [-0.05, 0) is 49.4 Å². The van der Waals surface area contributed by atoms with Gasteiger partial charge < -0.3 is 14.6 Å². The van der Waals surface area contributed by atoms with Crippen molar-refractivity contribution in [2.75, 3.05) is 19.7 Å². The molecule has 0 aliphatic carbocycles. The molecule has 1 aromatic heterocycles. The number of benzene rings is 2. The van der Waals surface area contributed by atoms with E-state index in [0.717, 1.165) is 18.4 Å². The van der Waals surface area contributed by atoms with E-state index < -0.39 is 4.92 Å². The Morgan fingerprint density at radius 3 is 2.72 bits per heavy atom. The number of nitrogens with one attached hydrogen (secondary N) is 1. The number of nitro groups is 1. The van der Waals surface area contributed by atoms with Crippen LogP contribution in [0.4, 0.5) is 5.69 Å². The van der Waals surface area contributed by atoms with Gasteiger partial charge in [0.2, 0.25) is 0 Å². The van der Waals surface area contributed by atoms with Gasteiger partial charge in [-0.2, -0.15) is 0 Å². The van der Waals surface area contributed by atoms with Crippen LogP contribution in [0, 0.1) is 10.1 Å². The number of nitro benzene ring substituents is 1. The minimum atomic E-state index is -0.509. The number of hydrogen-bond donors (Lipinski definition) is 1. The molecular weight excluding hydrogens is 370 g/mol. The molecule has 7 heteroatoms. The summed E-state index contributed by atoms with van der Waals surface area (Å²) >= 11 is 0. The van der Waals surface area contributed by atoms with Gasteiger partial charge in [-0.3, -0.25) is 14.9 Å². The average Bonchev–Trinajstić information content (AvgIpc) is 3.18. The van der Waals surface area contributed by atoms with Crippen LogP contribution in [-0.2, 0) is 0 Å². The molecule has 1 fully saturated rings. The topological polar surface area (TPSA) is 88.5 Å². The number of hydrogen-bond acceptors (Lipinski definition) is 4. The van der Waals surface area contributed by atoms with E-state index in [0.29, 0.717) is 31.2 Å². The molecule has 1 amide bonds. The fourth-order valence-electron chi connectivity index (χ4n) is 4.08. The molecule has 0 spiro atoms. The number of nitrogens with zero attached hydrogens (tertiary/aromatic N) is 2. The van der Waals surface area contributed by atoms with Crippen molar-refractivity contribution in [3.8, 4) is 5.75 Å². The summed E-state index contributed by atoms with van der Waals surface area (Å²) in [7, 11) is 0. The molecule has 1 N–H and O–H groups in total. The number of H-pyrrole nitrogens is 1. The van der Waals surface area contributed by atoms with Gasteiger partial charge in [0.25, 0.3) is 5.91 Å². The second-order valence-corrected chi connectivity index (χ2v) is 7.23. The van der Waals surface area contributed by atoms with Crippen LogP contribution >= 0.6 is 0 Å². The lowest BCUT2D eigenvalue weighted by molar-refractivity contribution is -0.385. The van der Waals surface area contributed by atoms with Gasteiger partial charge in [-0.25, -0.2) is 0 Å². The molecule has 2 aromatic carbocycles. The summed E-state index contributed by atoms with van der Waals surface area (Å²) in [5.74, 6) is 0.408. The third-order valence-corrected chi connectivity index (χ3v) is 5.55. The summed E-state index contributed by atoms with van der Waals surface area (Å²) in [6.45, 7) is 3.35. The van der Waals surface area contributed by atoms with E-state index in [1.165, 1.54) is 23.1 Å². The number of piperidine rings is 1. The number of aromatic nitrogens is 1. The standard InChI is InChI=1S/C22H23N3O4/c1-2-29-21-8-7-16(13-20(21)25(27)28)22(26)24-11-9-15(10-12-24)18-14-23-19-6-4-3-5-17(18)19/h3-8,13-15,23H,2,9-12H2,1H3. The summed E-state index contributed by atoms with van der Waals surface area (Å²) in [6, 6.07) is 12.7. The third-order valence-electron chi connectivity index (χ3n) is 5.55. The van der Waals surface area contributed by atoms with E-state index in [1.807, 2.05) is 12.1 Å². The molecule has 4 rings (SSSR count). The van der Waals surface area contributed by atoms with Gasteiger partial charge >= 0.3 is 5.69 Å². The molecule has 0 radical (unpaired) electrons. The summed E-state index contributed by atoms with van der Waals surface area (Å²) in [4.78, 5) is 28.8. The number of ether oxygens (including phenoxy) is 1. The maximum atomic E-state index is 12.9. The van der Waals surface area contributed by atoms with Gasteiger partial charge in [0.15, 0.2) is 5.75 Å². The Kier molecular flexibility index (Phi) is 5.20. The second kappa shape index (κ2) is 7.95. The lowest BCUT2D eigenvalue weighted by Gasteiger charge is -2.32. The molecule has 1 aliphatic heterocycles. The first-order valence-electron chi connectivity index (χ1n) is 9.85. The Hall–Kier alpha value is -3.35. The van der Waals surface area contributed by atoms with Crippen molar-refractivity contribution in [1.29, 1.82) is 0 Å². The molecule has 1 aliphatic rings. The van der Waals surface area contributed by atoms with Crippen LogP contribution in [0.5, 0.6) is 5.75 Å². The number of carbonyl (C=O) groups is 1. The van der Waals surface area contributed by atoms with E-state index in [-0.39, 0.29) is 17.3 Å². The van der Waals surface area contributed by atoms with E-state index in [4.69, 9.17) is 4.74 Å². The molecule has 29 heavy (non-hydrogen) atoms. The first-order chi connectivity index (χ1) is 14.1. The normalized spacial score (nSPS) is 14.9. The zero-order valence-electron chi connectivity index (χ0n) is 16.3. The number of para-hydroxylation sites is 1. The maximum Gasteiger partial charge on any atom is 0.311 e. The highest BCUT2D eigenvalue weighted by Gasteiger charge is 2.27. The Balaban J connectivity index is 1.48. The molecule has 7 nitrogen and oxygen atoms in total. The number of amides is 1. The molecule has 0 atom stereocenters. The van der Waals surface area contributed by atoms with Crippen molar-refractivity contribution in [2.45, 2.75) is 25.7 Å². The molecule has 0 unspecified atom stereocenters. The van der Waals surface area contributed by atoms with Gasteiger partial charge in [0, 0.05) is 41.8 Å². The molecule has 3 aromatic rings. The lowest BCUT2D eigenvalue weighted by Crippen LogP contribution is -2.37. The quantitative estimate of drug-likeness (QED) is 0.511. The predicted molar refractivity (Wildman–Crippen MR) is 110 cm³/mol. The summed E-state index contributed by atoms with van der Waals surface area (Å²) in [6.07, 6.45) is 3.81. The highest BCUT2D eigenvalue weighted by atomic mass is 16.6. The molecule has 2 heterocycles. The van der Waals surface area contributed by atoms with Crippen LogP contribution in [0.1, 0.15) is 41.6 Å². The van der Waals surface area contributed by atoms with Gasteiger partial charge in [-0.1, -0.05) is 18.2 Å². The molecule has 0 bridgehead atoms. The Morgan fingerprint density at radius 1 is 1.24 bits per heavy atom. The number of aromatic amines is 1. The highest BCUT2D eigenvalue weighted by Crippen LogP contribution is 2.34. The molecular formula is C22H23N3O4. The van der Waals surface area contributed by atoms with Crippen molar-refractivity contribution in [3.05, 3.63) is 69.9 Å². The van der Waals surface area contributed by atoms with E-state index in [1.54, 1.807) is 17.9 Å². The molecule has 0 saturated carbocycles. The summed E-state index contributed by atoms with van der Waals surface area (Å²) in [5.41, 5.74) is 2.57. The van der Waals surface area contributed by atoms with Crippen LogP contribution in [0.2, 0.25) is 0 Å². The smallest absolute Gasteiger partial charge is 0.311 e. The third kappa shape index (κ3) is 3.68. The van der Waals surface area contributed by atoms with Crippen molar-refractivity contribution in [3.63, 3.8) is 0 Å². The zero-order valence-corrected chi connectivity index (χ0v) is 16.3. The predicted octanol–water partition coefficient (Wildman–Crippen LogP) is 4.49. The summed E-state index contributed by atoms with van der Waals surface area (Å²) in [5, 5.41) is 12.6. The largest absolute Gasteiger partial charge is 0.487 e. The average molecular weight is 393 g/mol. The molecule has 150 valence electrons. The van der Waals surface area contributed by atoms with Crippen molar-refractivity contribution < 1.29 is 14.5 Å². The number of likely N-dealkylation sites (tertiary alicyclic amines) is 1. The lowest BCUT2D eigenvalue weighted by atomic mass is 9.89. The van der Waals surface area contributed by atoms with Gasteiger partial charge in [0.05, 0.1) is 11.5 Å². The minimum Gasteiger partial charge on any atom is -0.487 e. The van der Waals surface area contributed by atoms with E-state index in [2.05, 4.69) is 23.3 Å². The monoisotopic (exact) mass is 393 g/mol. The Bertz CT molecular complexity index is 1050. The fourth-order valence-corrected chi connectivity index (χ4v) is 4.08. The van der Waals surface area contributed by atoms with Crippen LogP contribution in [-0.4, -0.2) is 40.4 Å². The van der Waals surface area contributed by atoms with Crippen LogP contribution in [0.15, 0.2) is 48.7 Å². The summed E-state index contributed by atoms with van der Waals surface area (Å²) < 4.78 is 5.30. The fraction of sp³-hybridized carbons (Fsp3) is 0.318. The van der Waals surface area contributed by atoms with Crippen LogP contribution in [0.3, 0.4) is 0 Å². The van der Waals surface area contributed by atoms with Crippen molar-refractivity contribution in [1.82, 2.24) is 9.88 Å². The number of fused-ring (bicyclic) bond motifs is 1. The highest BCUT2D eigenvalue weighted by molar-refractivity contribution is 5.95. The first-order valence-corrected chi connectivity index (χ1v) is 9.85. The maximum absolute atomic E-state index is 12.9.